The van der Waals surface area contributed by atoms with Gasteiger partial charge in [-0.25, -0.2) is 22.9 Å². The van der Waals surface area contributed by atoms with Crippen LogP contribution in [0.2, 0.25) is 0 Å². The maximum atomic E-state index is 15.3. The molecule has 4 N–H and O–H groups in total. The summed E-state index contributed by atoms with van der Waals surface area (Å²) in [5.74, 6) is -3.03. The third kappa shape index (κ3) is 6.09. The summed E-state index contributed by atoms with van der Waals surface area (Å²) in [6.07, 6.45) is 6.82. The average molecular weight is 654 g/mol. The third-order valence-electron chi connectivity index (χ3n) is 7.41. The molecule has 0 aliphatic carbocycles. The first-order valence-electron chi connectivity index (χ1n) is 13.4. The predicted molar refractivity (Wildman–Crippen MR) is 160 cm³/mol. The predicted octanol–water partition coefficient (Wildman–Crippen LogP) is 8.10. The van der Waals surface area contributed by atoms with Gasteiger partial charge in [0.25, 0.3) is 0 Å². The highest BCUT2D eigenvalue weighted by Gasteiger charge is 2.34. The fourth-order valence-electron chi connectivity index (χ4n) is 5.14. The molecule has 0 bridgehead atoms. The molecular weight excluding hydrogens is 627 g/mol. The van der Waals surface area contributed by atoms with Crippen molar-refractivity contribution in [3.05, 3.63) is 106 Å². The van der Waals surface area contributed by atoms with Crippen molar-refractivity contribution in [2.24, 2.45) is 0 Å². The Morgan fingerprint density at radius 2 is 1.93 bits per heavy atom. The van der Waals surface area contributed by atoms with Crippen molar-refractivity contribution in [1.29, 1.82) is 0 Å². The molecule has 2 aromatic heterocycles. The van der Waals surface area contributed by atoms with Gasteiger partial charge in [-0.3, -0.25) is 0 Å². The van der Waals surface area contributed by atoms with Crippen LogP contribution in [0.15, 0.2) is 71.5 Å². The highest BCUT2D eigenvalue weighted by molar-refractivity contribution is 9.10. The number of imidazole rings is 1. The molecule has 0 radical (unpaired) electrons. The molecule has 0 saturated heterocycles. The SMILES string of the molecule is CC(CCCCO)(c1cnc(-c2cc(Oc3c(F)cc4[nH]ccc4c3/C=C/C(=O)O)ccc2F)[nH]1)c1cccc(Br)c1F. The number of aliphatic hydroxyl groups excluding tert-OH is 1. The lowest BCUT2D eigenvalue weighted by molar-refractivity contribution is -0.131. The second-order valence-electron chi connectivity index (χ2n) is 10.2. The van der Waals surface area contributed by atoms with Crippen LogP contribution >= 0.6 is 15.9 Å². The molecule has 2 heterocycles. The van der Waals surface area contributed by atoms with E-state index in [2.05, 4.69) is 30.9 Å². The number of carbonyl (C=O) groups is 1. The molecule has 11 heteroatoms. The molecule has 7 nitrogen and oxygen atoms in total. The van der Waals surface area contributed by atoms with Crippen LogP contribution in [0.3, 0.4) is 0 Å². The normalized spacial score (nSPS) is 13.1. The van der Waals surface area contributed by atoms with Crippen LogP contribution in [0.1, 0.15) is 43.0 Å². The minimum absolute atomic E-state index is 0.00526. The van der Waals surface area contributed by atoms with Gasteiger partial charge in [0.2, 0.25) is 0 Å². The van der Waals surface area contributed by atoms with Crippen molar-refractivity contribution in [3.8, 4) is 22.9 Å². The summed E-state index contributed by atoms with van der Waals surface area (Å²) in [7, 11) is 0. The molecule has 0 aliphatic heterocycles. The molecule has 0 saturated carbocycles. The van der Waals surface area contributed by atoms with Gasteiger partial charge in [0.05, 0.1) is 10.0 Å². The number of fused-ring (bicyclic) bond motifs is 1. The number of hydrogen-bond acceptors (Lipinski definition) is 4. The van der Waals surface area contributed by atoms with Crippen LogP contribution in [0.4, 0.5) is 13.2 Å². The summed E-state index contributed by atoms with van der Waals surface area (Å²) < 4.78 is 51.8. The Labute approximate surface area is 253 Å². The second-order valence-corrected chi connectivity index (χ2v) is 11.1. The highest BCUT2D eigenvalue weighted by Crippen LogP contribution is 2.41. The summed E-state index contributed by atoms with van der Waals surface area (Å²) in [5, 5.41) is 19.0. The van der Waals surface area contributed by atoms with Crippen LogP contribution in [-0.2, 0) is 10.2 Å². The summed E-state index contributed by atoms with van der Waals surface area (Å²) in [6.45, 7) is 1.85. The number of halogens is 4. The number of benzene rings is 3. The van der Waals surface area contributed by atoms with Crippen LogP contribution in [0.25, 0.3) is 28.4 Å². The first-order valence-corrected chi connectivity index (χ1v) is 14.2. The summed E-state index contributed by atoms with van der Waals surface area (Å²) in [5.41, 5.74) is 0.723. The Kier molecular flexibility index (Phi) is 8.74. The molecule has 0 fully saturated rings. The number of hydrogen-bond donors (Lipinski definition) is 4. The van der Waals surface area contributed by atoms with E-state index in [1.807, 2.05) is 6.92 Å². The number of ether oxygens (including phenoxy) is 1. The Morgan fingerprint density at radius 3 is 2.70 bits per heavy atom. The number of aliphatic hydroxyl groups is 1. The zero-order valence-corrected chi connectivity index (χ0v) is 24.5. The zero-order valence-electron chi connectivity index (χ0n) is 22.9. The van der Waals surface area contributed by atoms with Crippen LogP contribution in [0.5, 0.6) is 11.5 Å². The van der Waals surface area contributed by atoms with Crippen molar-refractivity contribution < 1.29 is 32.9 Å². The average Bonchev–Trinajstić information content (AvgIpc) is 3.66. The number of carboxylic acids is 1. The van der Waals surface area contributed by atoms with Crippen molar-refractivity contribution in [3.63, 3.8) is 0 Å². The Morgan fingerprint density at radius 1 is 1.12 bits per heavy atom. The van der Waals surface area contributed by atoms with Crippen LogP contribution < -0.4 is 4.74 Å². The molecule has 5 rings (SSSR count). The molecule has 1 unspecified atom stereocenters. The highest BCUT2D eigenvalue weighted by atomic mass is 79.9. The number of H-pyrrole nitrogens is 2. The molecule has 1 atom stereocenters. The van der Waals surface area contributed by atoms with Gasteiger partial charge in [-0.2, -0.15) is 0 Å². The molecule has 0 spiro atoms. The standard InChI is InChI=1S/C32H27BrF3N3O4/c1-32(12-2-3-14-40,22-5-4-6-23(33)29(22)36)27-17-38-31(39-27)21-15-18(7-9-24(21)34)43-30-20(8-10-28(41)42)19-11-13-37-26(19)16-25(30)35/h4-11,13,15-17,37,40H,2-3,12,14H2,1H3,(H,38,39)(H,41,42)/b10-8+. The maximum absolute atomic E-state index is 15.3. The van der Waals surface area contributed by atoms with Gasteiger partial charge in [-0.05, 0) is 78.5 Å². The van der Waals surface area contributed by atoms with E-state index >= 15 is 13.2 Å². The number of aliphatic carboxylic acids is 1. The fourth-order valence-corrected chi connectivity index (χ4v) is 5.51. The van der Waals surface area contributed by atoms with Crippen molar-refractivity contribution >= 4 is 38.9 Å². The summed E-state index contributed by atoms with van der Waals surface area (Å²) >= 11 is 3.25. The quantitative estimate of drug-likeness (QED) is 0.0850. The second kappa shape index (κ2) is 12.5. The number of rotatable bonds is 11. The van der Waals surface area contributed by atoms with Gasteiger partial charge in [-0.1, -0.05) is 12.1 Å². The van der Waals surface area contributed by atoms with Gasteiger partial charge >= 0.3 is 5.97 Å². The Hall–Kier alpha value is -4.35. The maximum Gasteiger partial charge on any atom is 0.328 e. The minimum atomic E-state index is -1.22. The van der Waals surface area contributed by atoms with Crippen molar-refractivity contribution in [1.82, 2.24) is 15.0 Å². The largest absolute Gasteiger partial charge is 0.478 e. The monoisotopic (exact) mass is 653 g/mol. The third-order valence-corrected chi connectivity index (χ3v) is 8.02. The minimum Gasteiger partial charge on any atom is -0.478 e. The molecule has 222 valence electrons. The van der Waals surface area contributed by atoms with Gasteiger partial charge in [-0.15, -0.1) is 0 Å². The van der Waals surface area contributed by atoms with E-state index in [1.165, 1.54) is 30.5 Å². The number of aromatic nitrogens is 3. The number of nitrogens with one attached hydrogen (secondary N) is 2. The van der Waals surface area contributed by atoms with E-state index in [0.29, 0.717) is 45.9 Å². The van der Waals surface area contributed by atoms with E-state index in [0.717, 1.165) is 12.1 Å². The lowest BCUT2D eigenvalue weighted by Gasteiger charge is -2.30. The summed E-state index contributed by atoms with van der Waals surface area (Å²) in [6, 6.07) is 11.7. The Balaban J connectivity index is 1.54. The van der Waals surface area contributed by atoms with E-state index in [4.69, 9.17) is 9.84 Å². The van der Waals surface area contributed by atoms with Gasteiger partial charge in [0.1, 0.15) is 23.2 Å². The number of nitrogens with zero attached hydrogens (tertiary/aromatic N) is 1. The topological polar surface area (TPSA) is 111 Å². The Bertz CT molecular complexity index is 1830. The molecule has 5 aromatic rings. The molecule has 43 heavy (non-hydrogen) atoms. The van der Waals surface area contributed by atoms with Crippen LogP contribution in [0, 0.1) is 17.5 Å². The first kappa shape index (κ1) is 30.1. The number of aromatic amines is 2. The van der Waals surface area contributed by atoms with Gasteiger partial charge in [0.15, 0.2) is 11.6 Å². The first-order chi connectivity index (χ1) is 20.6. The number of carboxylic acid groups (broad SMARTS) is 1. The van der Waals surface area contributed by atoms with Crippen LogP contribution in [-0.4, -0.2) is 37.7 Å². The number of unbranched alkanes of at least 4 members (excludes halogenated alkanes) is 1. The molecule has 0 amide bonds. The van der Waals surface area contributed by atoms with E-state index in [9.17, 15) is 9.90 Å². The fraction of sp³-hybridized carbons (Fsp3) is 0.188. The lowest BCUT2D eigenvalue weighted by atomic mass is 9.75. The van der Waals surface area contributed by atoms with Crippen molar-refractivity contribution in [2.45, 2.75) is 31.6 Å². The molecular formula is C32H27BrF3N3O4. The molecule has 0 aliphatic rings. The smallest absolute Gasteiger partial charge is 0.328 e. The van der Waals surface area contributed by atoms with Gasteiger partial charge in [0, 0.05) is 64.3 Å². The van der Waals surface area contributed by atoms with Gasteiger partial charge < -0.3 is 24.9 Å². The van der Waals surface area contributed by atoms with Crippen molar-refractivity contribution in [2.75, 3.05) is 6.61 Å². The van der Waals surface area contributed by atoms with E-state index in [-0.39, 0.29) is 35.1 Å². The van der Waals surface area contributed by atoms with E-state index in [1.54, 1.807) is 30.5 Å². The lowest BCUT2D eigenvalue weighted by Crippen LogP contribution is -2.26. The summed E-state index contributed by atoms with van der Waals surface area (Å²) in [4.78, 5) is 21.6. The zero-order chi connectivity index (χ0) is 30.7. The van der Waals surface area contributed by atoms with E-state index < -0.39 is 28.8 Å². The molecule has 3 aromatic carbocycles.